The van der Waals surface area contributed by atoms with Gasteiger partial charge in [-0.15, -0.1) is 0 Å². The van der Waals surface area contributed by atoms with Crippen molar-refractivity contribution in [3.8, 4) is 0 Å². The zero-order valence-corrected chi connectivity index (χ0v) is 9.59. The normalized spacial score (nSPS) is 31.0. The summed E-state index contributed by atoms with van der Waals surface area (Å²) in [5, 5.41) is 6.14. The largest absolute Gasteiger partial charge is 0.335 e. The van der Waals surface area contributed by atoms with Crippen LogP contribution in [0.15, 0.2) is 0 Å². The van der Waals surface area contributed by atoms with E-state index in [0.717, 1.165) is 19.3 Å². The highest BCUT2D eigenvalue weighted by Crippen LogP contribution is 2.26. The molecule has 2 fully saturated rings. The fourth-order valence-corrected chi connectivity index (χ4v) is 2.51. The molecule has 0 aliphatic heterocycles. The first-order valence-electron chi connectivity index (χ1n) is 6.36. The summed E-state index contributed by atoms with van der Waals surface area (Å²) in [6.45, 7) is 2.23. The molecule has 15 heavy (non-hydrogen) atoms. The molecular weight excluding hydrogens is 188 g/mol. The summed E-state index contributed by atoms with van der Waals surface area (Å²) in [4.78, 5) is 11.6. The fourth-order valence-electron chi connectivity index (χ4n) is 2.51. The van der Waals surface area contributed by atoms with E-state index in [4.69, 9.17) is 0 Å². The van der Waals surface area contributed by atoms with Crippen molar-refractivity contribution in [2.75, 3.05) is 0 Å². The second-order valence-electron chi connectivity index (χ2n) is 4.95. The van der Waals surface area contributed by atoms with E-state index in [1.807, 2.05) is 0 Å². The maximum absolute atomic E-state index is 11.6. The molecule has 2 N–H and O–H groups in total. The minimum absolute atomic E-state index is 0.0582. The molecule has 2 amide bonds. The average Bonchev–Trinajstić information content (AvgIpc) is 3.02. The van der Waals surface area contributed by atoms with Gasteiger partial charge in [0.05, 0.1) is 0 Å². The van der Waals surface area contributed by atoms with Crippen LogP contribution in [0.1, 0.15) is 51.9 Å². The summed E-state index contributed by atoms with van der Waals surface area (Å²) in [5.41, 5.74) is 0. The van der Waals surface area contributed by atoms with Crippen LogP contribution >= 0.6 is 0 Å². The smallest absolute Gasteiger partial charge is 0.315 e. The first-order valence-corrected chi connectivity index (χ1v) is 6.36. The van der Waals surface area contributed by atoms with Crippen LogP contribution < -0.4 is 10.6 Å². The van der Waals surface area contributed by atoms with E-state index in [0.29, 0.717) is 18.0 Å². The third-order valence-corrected chi connectivity index (χ3v) is 3.66. The van der Waals surface area contributed by atoms with E-state index in [1.54, 1.807) is 0 Å². The van der Waals surface area contributed by atoms with Crippen molar-refractivity contribution in [1.29, 1.82) is 0 Å². The number of urea groups is 1. The lowest BCUT2D eigenvalue weighted by Crippen LogP contribution is -2.47. The van der Waals surface area contributed by atoms with Crippen molar-refractivity contribution < 1.29 is 4.79 Å². The second kappa shape index (κ2) is 4.86. The Morgan fingerprint density at radius 2 is 1.87 bits per heavy atom. The Morgan fingerprint density at radius 3 is 2.53 bits per heavy atom. The van der Waals surface area contributed by atoms with Crippen LogP contribution in [-0.4, -0.2) is 18.1 Å². The molecule has 3 heteroatoms. The monoisotopic (exact) mass is 210 g/mol. The van der Waals surface area contributed by atoms with Gasteiger partial charge in [-0.05, 0) is 31.6 Å². The number of hydrogen-bond donors (Lipinski definition) is 2. The van der Waals surface area contributed by atoms with Gasteiger partial charge in [-0.2, -0.15) is 0 Å². The Morgan fingerprint density at radius 1 is 1.13 bits per heavy atom. The van der Waals surface area contributed by atoms with Gasteiger partial charge < -0.3 is 10.6 Å². The second-order valence-corrected chi connectivity index (χ2v) is 4.95. The third kappa shape index (κ3) is 3.11. The van der Waals surface area contributed by atoms with Gasteiger partial charge in [0, 0.05) is 12.1 Å². The topological polar surface area (TPSA) is 41.1 Å². The minimum atomic E-state index is 0.0582. The molecule has 0 saturated heterocycles. The van der Waals surface area contributed by atoms with Gasteiger partial charge in [-0.25, -0.2) is 4.79 Å². The molecule has 2 aliphatic carbocycles. The van der Waals surface area contributed by atoms with Gasteiger partial charge in [-0.3, -0.25) is 0 Å². The molecule has 0 radical (unpaired) electrons. The lowest BCUT2D eigenvalue weighted by molar-refractivity contribution is 0.215. The predicted octanol–water partition coefficient (Wildman–Crippen LogP) is 2.42. The van der Waals surface area contributed by atoms with Crippen molar-refractivity contribution >= 4 is 6.03 Å². The lowest BCUT2D eigenvalue weighted by Gasteiger charge is -2.31. The van der Waals surface area contributed by atoms with Gasteiger partial charge in [-0.1, -0.05) is 26.2 Å². The molecular formula is C12H22N2O. The third-order valence-electron chi connectivity index (χ3n) is 3.66. The van der Waals surface area contributed by atoms with Crippen LogP contribution in [0.2, 0.25) is 0 Å². The molecule has 2 unspecified atom stereocenters. The summed E-state index contributed by atoms with van der Waals surface area (Å²) in [6.07, 6.45) is 8.56. The summed E-state index contributed by atoms with van der Waals surface area (Å²) in [5.74, 6) is 0.698. The van der Waals surface area contributed by atoms with Crippen molar-refractivity contribution in [3.05, 3.63) is 0 Å². The molecule has 2 rings (SSSR count). The highest BCUT2D eigenvalue weighted by atomic mass is 16.2. The van der Waals surface area contributed by atoms with E-state index in [1.165, 1.54) is 25.7 Å². The average molecular weight is 210 g/mol. The summed E-state index contributed by atoms with van der Waals surface area (Å²) in [7, 11) is 0. The van der Waals surface area contributed by atoms with Crippen LogP contribution in [0.25, 0.3) is 0 Å². The lowest BCUT2D eigenvalue weighted by atomic mass is 9.83. The molecule has 0 aromatic heterocycles. The van der Waals surface area contributed by atoms with Gasteiger partial charge in [0.1, 0.15) is 0 Å². The predicted molar refractivity (Wildman–Crippen MR) is 60.7 cm³/mol. The van der Waals surface area contributed by atoms with E-state index in [9.17, 15) is 4.79 Å². The maximum atomic E-state index is 11.6. The zero-order valence-electron chi connectivity index (χ0n) is 9.59. The molecule has 0 aromatic carbocycles. The first-order chi connectivity index (χ1) is 7.29. The maximum Gasteiger partial charge on any atom is 0.315 e. The van der Waals surface area contributed by atoms with Crippen LogP contribution in [0.4, 0.5) is 4.79 Å². The number of carbonyl (C=O) groups is 1. The van der Waals surface area contributed by atoms with Crippen LogP contribution in [-0.2, 0) is 0 Å². The summed E-state index contributed by atoms with van der Waals surface area (Å²) in [6, 6.07) is 0.944. The zero-order chi connectivity index (χ0) is 10.7. The van der Waals surface area contributed by atoms with Crippen molar-refractivity contribution in [2.45, 2.75) is 64.0 Å². The Hall–Kier alpha value is -0.730. The molecule has 3 nitrogen and oxygen atoms in total. The molecule has 2 saturated carbocycles. The van der Waals surface area contributed by atoms with Gasteiger partial charge >= 0.3 is 6.03 Å². The SMILES string of the molecule is CCC1CCCCC1NC(=O)NC1CC1. The van der Waals surface area contributed by atoms with E-state index in [-0.39, 0.29) is 6.03 Å². The van der Waals surface area contributed by atoms with Crippen LogP contribution in [0.5, 0.6) is 0 Å². The highest BCUT2D eigenvalue weighted by Gasteiger charge is 2.27. The van der Waals surface area contributed by atoms with E-state index < -0.39 is 0 Å². The van der Waals surface area contributed by atoms with Gasteiger partial charge in [0.2, 0.25) is 0 Å². The standard InChI is InChI=1S/C12H22N2O/c1-2-9-5-3-4-6-11(9)14-12(15)13-10-7-8-10/h9-11H,2-8H2,1H3,(H2,13,14,15). The highest BCUT2D eigenvalue weighted by molar-refractivity contribution is 5.74. The number of amides is 2. The molecule has 86 valence electrons. The van der Waals surface area contributed by atoms with Crippen molar-refractivity contribution in [3.63, 3.8) is 0 Å². The minimum Gasteiger partial charge on any atom is -0.335 e. The summed E-state index contributed by atoms with van der Waals surface area (Å²) >= 11 is 0. The number of rotatable bonds is 3. The Balaban J connectivity index is 1.76. The van der Waals surface area contributed by atoms with E-state index >= 15 is 0 Å². The first kappa shape index (κ1) is 10.8. The number of carbonyl (C=O) groups excluding carboxylic acids is 1. The summed E-state index contributed by atoms with van der Waals surface area (Å²) < 4.78 is 0. The Bertz CT molecular complexity index is 226. The molecule has 0 bridgehead atoms. The molecule has 2 aliphatic rings. The van der Waals surface area contributed by atoms with Crippen molar-refractivity contribution in [1.82, 2.24) is 10.6 Å². The van der Waals surface area contributed by atoms with Crippen LogP contribution in [0, 0.1) is 5.92 Å². The van der Waals surface area contributed by atoms with Gasteiger partial charge in [0.15, 0.2) is 0 Å². The molecule has 0 aromatic rings. The quantitative estimate of drug-likeness (QED) is 0.738. The number of nitrogens with one attached hydrogen (secondary N) is 2. The Labute approximate surface area is 92.0 Å². The Kier molecular flexibility index (Phi) is 3.49. The fraction of sp³-hybridized carbons (Fsp3) is 0.917. The van der Waals surface area contributed by atoms with Crippen LogP contribution in [0.3, 0.4) is 0 Å². The molecule has 0 spiro atoms. The molecule has 0 heterocycles. The van der Waals surface area contributed by atoms with Gasteiger partial charge in [0.25, 0.3) is 0 Å². The van der Waals surface area contributed by atoms with Crippen molar-refractivity contribution in [2.24, 2.45) is 5.92 Å². The molecule has 2 atom stereocenters. The van der Waals surface area contributed by atoms with E-state index in [2.05, 4.69) is 17.6 Å². The number of hydrogen-bond acceptors (Lipinski definition) is 1.